The number of aliphatic carboxylic acids is 1. The van der Waals surface area contributed by atoms with Crippen LogP contribution in [-0.4, -0.2) is 35.2 Å². The molecule has 0 aliphatic carbocycles. The van der Waals surface area contributed by atoms with Crippen LogP contribution >= 0.6 is 0 Å². The fourth-order valence-electron chi connectivity index (χ4n) is 3.34. The molecule has 0 saturated carbocycles. The van der Waals surface area contributed by atoms with Crippen LogP contribution in [0.25, 0.3) is 0 Å². The van der Waals surface area contributed by atoms with Gasteiger partial charge in [-0.3, -0.25) is 4.79 Å². The van der Waals surface area contributed by atoms with Crippen molar-refractivity contribution >= 4 is 12.1 Å². The molecule has 1 fully saturated rings. The van der Waals surface area contributed by atoms with Gasteiger partial charge < -0.3 is 14.7 Å². The van der Waals surface area contributed by atoms with E-state index in [0.29, 0.717) is 5.56 Å². The van der Waals surface area contributed by atoms with Crippen molar-refractivity contribution in [2.24, 2.45) is 5.92 Å². The van der Waals surface area contributed by atoms with E-state index in [0.717, 1.165) is 11.1 Å². The summed E-state index contributed by atoms with van der Waals surface area (Å²) in [6.45, 7) is 2.17. The number of carbonyl (C=O) groups excluding carboxylic acids is 1. The first kappa shape index (κ1) is 17.9. The van der Waals surface area contributed by atoms with Crippen LogP contribution in [0.15, 0.2) is 48.5 Å². The number of carboxylic acid groups (broad SMARTS) is 1. The zero-order chi connectivity index (χ0) is 18.7. The van der Waals surface area contributed by atoms with E-state index in [1.165, 1.54) is 17.0 Å². The predicted molar refractivity (Wildman–Crippen MR) is 93.2 cm³/mol. The zero-order valence-corrected chi connectivity index (χ0v) is 14.4. The minimum Gasteiger partial charge on any atom is -0.481 e. The maximum Gasteiger partial charge on any atom is 0.410 e. The van der Waals surface area contributed by atoms with Gasteiger partial charge in [-0.2, -0.15) is 0 Å². The van der Waals surface area contributed by atoms with Gasteiger partial charge in [-0.1, -0.05) is 36.4 Å². The average molecular weight is 357 g/mol. The second-order valence-corrected chi connectivity index (χ2v) is 6.50. The van der Waals surface area contributed by atoms with E-state index >= 15 is 0 Å². The minimum atomic E-state index is -1.00. The van der Waals surface area contributed by atoms with Crippen molar-refractivity contribution in [1.29, 1.82) is 0 Å². The van der Waals surface area contributed by atoms with Crippen molar-refractivity contribution < 1.29 is 23.8 Å². The summed E-state index contributed by atoms with van der Waals surface area (Å²) in [6.07, 6.45) is -0.559. The van der Waals surface area contributed by atoms with Gasteiger partial charge in [-0.15, -0.1) is 0 Å². The third-order valence-electron chi connectivity index (χ3n) is 4.74. The summed E-state index contributed by atoms with van der Waals surface area (Å²) >= 11 is 0. The number of hydrogen-bond acceptors (Lipinski definition) is 3. The van der Waals surface area contributed by atoms with Crippen LogP contribution in [0.5, 0.6) is 0 Å². The summed E-state index contributed by atoms with van der Waals surface area (Å²) < 4.78 is 18.9. The van der Waals surface area contributed by atoms with E-state index in [-0.39, 0.29) is 19.7 Å². The Balaban J connectivity index is 1.73. The van der Waals surface area contributed by atoms with E-state index < -0.39 is 29.7 Å². The van der Waals surface area contributed by atoms with Crippen LogP contribution in [0.1, 0.15) is 22.6 Å². The van der Waals surface area contributed by atoms with Crippen LogP contribution in [-0.2, 0) is 16.1 Å². The number of carboxylic acids is 1. The molecular formula is C20H20FNO4. The van der Waals surface area contributed by atoms with Gasteiger partial charge in [0, 0.05) is 19.0 Å². The van der Waals surface area contributed by atoms with Crippen molar-refractivity contribution in [3.63, 3.8) is 0 Å². The Morgan fingerprint density at radius 2 is 1.92 bits per heavy atom. The highest BCUT2D eigenvalue weighted by Crippen LogP contribution is 2.35. The van der Waals surface area contributed by atoms with Gasteiger partial charge in [0.25, 0.3) is 0 Å². The molecule has 136 valence electrons. The second-order valence-electron chi connectivity index (χ2n) is 6.50. The molecule has 26 heavy (non-hydrogen) atoms. The average Bonchev–Trinajstić information content (AvgIpc) is 3.08. The lowest BCUT2D eigenvalue weighted by atomic mass is 9.86. The Labute approximate surface area is 151 Å². The number of amides is 1. The Bertz CT molecular complexity index is 809. The summed E-state index contributed by atoms with van der Waals surface area (Å²) in [5, 5.41) is 9.54. The van der Waals surface area contributed by atoms with Crippen molar-refractivity contribution in [2.45, 2.75) is 19.4 Å². The zero-order valence-electron chi connectivity index (χ0n) is 14.4. The van der Waals surface area contributed by atoms with E-state index in [1.807, 2.05) is 37.3 Å². The van der Waals surface area contributed by atoms with Gasteiger partial charge in [0.05, 0.1) is 5.92 Å². The minimum absolute atomic E-state index is 0.0452. The maximum atomic E-state index is 13.6. The summed E-state index contributed by atoms with van der Waals surface area (Å²) in [5.41, 5.74) is 2.28. The Morgan fingerprint density at radius 1 is 1.19 bits per heavy atom. The Morgan fingerprint density at radius 3 is 2.62 bits per heavy atom. The summed E-state index contributed by atoms with van der Waals surface area (Å²) in [7, 11) is 0. The fraction of sp³-hybridized carbons (Fsp3) is 0.300. The van der Waals surface area contributed by atoms with E-state index in [4.69, 9.17) is 4.74 Å². The maximum absolute atomic E-state index is 13.6. The van der Waals surface area contributed by atoms with Gasteiger partial charge in [0.1, 0.15) is 12.4 Å². The van der Waals surface area contributed by atoms with Crippen molar-refractivity contribution in [2.75, 3.05) is 13.1 Å². The van der Waals surface area contributed by atoms with Gasteiger partial charge >= 0.3 is 12.1 Å². The fourth-order valence-corrected chi connectivity index (χ4v) is 3.34. The molecule has 1 amide bonds. The molecule has 0 bridgehead atoms. The number of nitrogens with zero attached hydrogens (tertiary/aromatic N) is 1. The molecule has 3 rings (SSSR count). The van der Waals surface area contributed by atoms with Crippen LogP contribution in [0.4, 0.5) is 9.18 Å². The molecule has 1 saturated heterocycles. The van der Waals surface area contributed by atoms with Gasteiger partial charge in [-0.25, -0.2) is 9.18 Å². The lowest BCUT2D eigenvalue weighted by Crippen LogP contribution is -2.30. The number of ether oxygens (including phenoxy) is 1. The highest BCUT2D eigenvalue weighted by atomic mass is 19.1. The van der Waals surface area contributed by atoms with E-state index in [1.54, 1.807) is 6.07 Å². The number of carbonyl (C=O) groups is 2. The second kappa shape index (κ2) is 7.56. The molecule has 0 radical (unpaired) electrons. The van der Waals surface area contributed by atoms with Gasteiger partial charge in [-0.05, 0) is 35.7 Å². The molecule has 2 atom stereocenters. The summed E-state index contributed by atoms with van der Waals surface area (Å²) in [4.78, 5) is 25.4. The highest BCUT2D eigenvalue weighted by Gasteiger charge is 2.41. The number of likely N-dealkylation sites (tertiary alicyclic amines) is 1. The quantitative estimate of drug-likeness (QED) is 0.908. The Kier molecular flexibility index (Phi) is 5.21. The van der Waals surface area contributed by atoms with Gasteiger partial charge in [0.2, 0.25) is 0 Å². The molecule has 0 spiro atoms. The number of hydrogen-bond donors (Lipinski definition) is 1. The van der Waals surface area contributed by atoms with Crippen molar-refractivity contribution in [1.82, 2.24) is 4.90 Å². The first-order chi connectivity index (χ1) is 12.5. The lowest BCUT2D eigenvalue weighted by Gasteiger charge is -2.18. The van der Waals surface area contributed by atoms with E-state index in [2.05, 4.69) is 0 Å². The monoisotopic (exact) mass is 357 g/mol. The van der Waals surface area contributed by atoms with Crippen LogP contribution in [0.2, 0.25) is 0 Å². The number of benzene rings is 2. The topological polar surface area (TPSA) is 66.8 Å². The van der Waals surface area contributed by atoms with Crippen LogP contribution in [0.3, 0.4) is 0 Å². The number of halogens is 1. The predicted octanol–water partition coefficient (Wildman–Crippen LogP) is 3.57. The van der Waals surface area contributed by atoms with Crippen molar-refractivity contribution in [3.05, 3.63) is 71.0 Å². The summed E-state index contributed by atoms with van der Waals surface area (Å²) in [5.74, 6) is -2.68. The SMILES string of the molecule is Cc1ccc(F)cc1C1CN(C(=O)OCc2ccccc2)CC1C(=O)O. The molecule has 2 aromatic carbocycles. The first-order valence-electron chi connectivity index (χ1n) is 8.40. The summed E-state index contributed by atoms with van der Waals surface area (Å²) in [6, 6.07) is 13.6. The molecule has 0 aromatic heterocycles. The third kappa shape index (κ3) is 3.85. The van der Waals surface area contributed by atoms with E-state index in [9.17, 15) is 19.1 Å². The molecule has 5 nitrogen and oxygen atoms in total. The standard InChI is InChI=1S/C20H20FNO4/c1-13-7-8-15(21)9-16(13)17-10-22(11-18(17)19(23)24)20(25)26-12-14-5-3-2-4-6-14/h2-9,17-18H,10-12H2,1H3,(H,23,24). The lowest BCUT2D eigenvalue weighted by molar-refractivity contribution is -0.141. The normalized spacial score (nSPS) is 19.4. The molecule has 1 heterocycles. The first-order valence-corrected chi connectivity index (χ1v) is 8.40. The number of aryl methyl sites for hydroxylation is 1. The molecular weight excluding hydrogens is 337 g/mol. The molecule has 1 aliphatic rings. The molecule has 2 aromatic rings. The molecule has 1 N–H and O–H groups in total. The molecule has 6 heteroatoms. The van der Waals surface area contributed by atoms with Crippen LogP contribution < -0.4 is 0 Å². The smallest absolute Gasteiger partial charge is 0.410 e. The third-order valence-corrected chi connectivity index (χ3v) is 4.74. The highest BCUT2D eigenvalue weighted by molar-refractivity contribution is 5.76. The molecule has 1 aliphatic heterocycles. The van der Waals surface area contributed by atoms with Gasteiger partial charge in [0.15, 0.2) is 0 Å². The number of rotatable bonds is 4. The van der Waals surface area contributed by atoms with Crippen LogP contribution in [0, 0.1) is 18.7 Å². The largest absolute Gasteiger partial charge is 0.481 e. The molecule has 2 unspecified atom stereocenters. The van der Waals surface area contributed by atoms with Crippen molar-refractivity contribution in [3.8, 4) is 0 Å². The Hall–Kier alpha value is -2.89.